The largest absolute Gasteiger partial charge is 0.331 e. The Hall–Kier alpha value is -2.15. The van der Waals surface area contributed by atoms with E-state index < -0.39 is 15.7 Å². The Morgan fingerprint density at radius 2 is 2.11 bits per heavy atom. The Bertz CT molecular complexity index is 678. The van der Waals surface area contributed by atoms with Crippen molar-refractivity contribution >= 4 is 21.7 Å². The third-order valence-electron chi connectivity index (χ3n) is 2.58. The molecule has 2 aromatic rings. The molecule has 0 atom stereocenters. The SMILES string of the molecule is CCS(=O)(=O)c1ccccc1C(=O)Nc1ncc[nH]1. The number of hydrogen-bond donors (Lipinski definition) is 2. The smallest absolute Gasteiger partial charge is 0.259 e. The van der Waals surface area contributed by atoms with E-state index in [1.54, 1.807) is 18.3 Å². The van der Waals surface area contributed by atoms with Crippen molar-refractivity contribution in [2.75, 3.05) is 11.1 Å². The van der Waals surface area contributed by atoms with E-state index in [4.69, 9.17) is 0 Å². The molecule has 1 amide bonds. The van der Waals surface area contributed by atoms with Gasteiger partial charge in [-0.1, -0.05) is 19.1 Å². The molecule has 1 heterocycles. The molecule has 0 bridgehead atoms. The number of amides is 1. The lowest BCUT2D eigenvalue weighted by Gasteiger charge is -2.08. The van der Waals surface area contributed by atoms with E-state index in [0.717, 1.165) is 0 Å². The molecule has 0 saturated carbocycles. The van der Waals surface area contributed by atoms with E-state index in [2.05, 4.69) is 15.3 Å². The second-order valence-electron chi connectivity index (χ2n) is 3.79. The topological polar surface area (TPSA) is 91.9 Å². The van der Waals surface area contributed by atoms with Gasteiger partial charge in [0.05, 0.1) is 16.2 Å². The van der Waals surface area contributed by atoms with Crippen LogP contribution in [0, 0.1) is 0 Å². The molecule has 1 aromatic heterocycles. The van der Waals surface area contributed by atoms with E-state index >= 15 is 0 Å². The summed E-state index contributed by atoms with van der Waals surface area (Å²) in [5, 5.41) is 2.50. The summed E-state index contributed by atoms with van der Waals surface area (Å²) in [5.74, 6) is -0.297. The van der Waals surface area contributed by atoms with Crippen molar-refractivity contribution in [3.05, 3.63) is 42.2 Å². The van der Waals surface area contributed by atoms with Crippen molar-refractivity contribution in [2.24, 2.45) is 0 Å². The second-order valence-corrected chi connectivity index (χ2v) is 6.04. The predicted octanol–water partition coefficient (Wildman–Crippen LogP) is 1.46. The van der Waals surface area contributed by atoms with E-state index in [0.29, 0.717) is 0 Å². The van der Waals surface area contributed by atoms with Crippen LogP contribution in [-0.4, -0.2) is 30.0 Å². The molecule has 0 aliphatic heterocycles. The third-order valence-corrected chi connectivity index (χ3v) is 4.36. The van der Waals surface area contributed by atoms with Gasteiger partial charge in [0, 0.05) is 12.4 Å². The van der Waals surface area contributed by atoms with Crippen molar-refractivity contribution in [3.8, 4) is 0 Å². The third kappa shape index (κ3) is 2.82. The number of sulfone groups is 1. The zero-order valence-electron chi connectivity index (χ0n) is 10.3. The van der Waals surface area contributed by atoms with Gasteiger partial charge in [-0.3, -0.25) is 10.1 Å². The average Bonchev–Trinajstić information content (AvgIpc) is 2.91. The molecule has 0 radical (unpaired) electrons. The monoisotopic (exact) mass is 279 g/mol. The van der Waals surface area contributed by atoms with Crippen LogP contribution in [0.5, 0.6) is 0 Å². The number of anilines is 1. The fourth-order valence-electron chi connectivity index (χ4n) is 1.59. The molecule has 100 valence electrons. The van der Waals surface area contributed by atoms with Crippen LogP contribution in [0.4, 0.5) is 5.95 Å². The number of imidazole rings is 1. The van der Waals surface area contributed by atoms with Crippen molar-refractivity contribution in [1.82, 2.24) is 9.97 Å². The molecule has 2 N–H and O–H groups in total. The minimum absolute atomic E-state index is 0.0292. The summed E-state index contributed by atoms with van der Waals surface area (Å²) < 4.78 is 23.9. The molecule has 0 saturated heterocycles. The van der Waals surface area contributed by atoms with Crippen molar-refractivity contribution in [1.29, 1.82) is 0 Å². The number of benzene rings is 1. The summed E-state index contributed by atoms with van der Waals surface area (Å²) in [6, 6.07) is 6.11. The number of aromatic nitrogens is 2. The van der Waals surface area contributed by atoms with Gasteiger partial charge in [-0.15, -0.1) is 0 Å². The van der Waals surface area contributed by atoms with Crippen molar-refractivity contribution < 1.29 is 13.2 Å². The summed E-state index contributed by atoms with van der Waals surface area (Å²) in [5.41, 5.74) is 0.112. The highest BCUT2D eigenvalue weighted by Gasteiger charge is 2.20. The van der Waals surface area contributed by atoms with Gasteiger partial charge in [-0.25, -0.2) is 13.4 Å². The molecule has 1 aromatic carbocycles. The first-order chi connectivity index (χ1) is 9.04. The maximum absolute atomic E-state index is 12.1. The fraction of sp³-hybridized carbons (Fsp3) is 0.167. The van der Waals surface area contributed by atoms with Crippen LogP contribution in [0.1, 0.15) is 17.3 Å². The van der Waals surface area contributed by atoms with Crippen LogP contribution < -0.4 is 5.32 Å². The van der Waals surface area contributed by atoms with Crippen LogP contribution in [0.25, 0.3) is 0 Å². The lowest BCUT2D eigenvalue weighted by atomic mass is 10.2. The number of nitrogens with one attached hydrogen (secondary N) is 2. The molecule has 0 fully saturated rings. The van der Waals surface area contributed by atoms with Gasteiger partial charge in [-0.2, -0.15) is 0 Å². The number of nitrogens with zero attached hydrogens (tertiary/aromatic N) is 1. The fourth-order valence-corrected chi connectivity index (χ4v) is 2.68. The summed E-state index contributed by atoms with van der Waals surface area (Å²) in [6.07, 6.45) is 3.05. The first kappa shape index (κ1) is 13.3. The van der Waals surface area contributed by atoms with E-state index in [9.17, 15) is 13.2 Å². The quantitative estimate of drug-likeness (QED) is 0.886. The minimum atomic E-state index is -3.44. The number of hydrogen-bond acceptors (Lipinski definition) is 4. The van der Waals surface area contributed by atoms with Crippen LogP contribution in [0.3, 0.4) is 0 Å². The van der Waals surface area contributed by atoms with Crippen LogP contribution in [0.15, 0.2) is 41.6 Å². The molecular formula is C12H13N3O3S. The van der Waals surface area contributed by atoms with Gasteiger partial charge >= 0.3 is 0 Å². The molecule has 6 nitrogen and oxygen atoms in total. The number of carbonyl (C=O) groups excluding carboxylic acids is 1. The Kier molecular flexibility index (Phi) is 3.66. The maximum Gasteiger partial charge on any atom is 0.259 e. The highest BCUT2D eigenvalue weighted by molar-refractivity contribution is 7.91. The number of carbonyl (C=O) groups is 1. The van der Waals surface area contributed by atoms with Crippen LogP contribution in [-0.2, 0) is 9.84 Å². The minimum Gasteiger partial charge on any atom is -0.331 e. The average molecular weight is 279 g/mol. The van der Waals surface area contributed by atoms with Crippen molar-refractivity contribution in [2.45, 2.75) is 11.8 Å². The maximum atomic E-state index is 12.1. The van der Waals surface area contributed by atoms with E-state index in [1.807, 2.05) is 0 Å². The molecule has 0 spiro atoms. The first-order valence-corrected chi connectivity index (χ1v) is 7.32. The number of rotatable bonds is 4. The Labute approximate surface area is 110 Å². The Morgan fingerprint density at radius 1 is 1.37 bits per heavy atom. The van der Waals surface area contributed by atoms with Gasteiger partial charge in [-0.05, 0) is 12.1 Å². The molecule has 0 aliphatic carbocycles. The summed E-state index contributed by atoms with van der Waals surface area (Å²) in [6.45, 7) is 1.54. The predicted molar refractivity (Wildman–Crippen MR) is 70.7 cm³/mol. The first-order valence-electron chi connectivity index (χ1n) is 5.67. The van der Waals surface area contributed by atoms with Gasteiger partial charge in [0.2, 0.25) is 5.95 Å². The summed E-state index contributed by atoms with van der Waals surface area (Å²) in [4.78, 5) is 18.7. The molecule has 2 rings (SSSR count). The van der Waals surface area contributed by atoms with Crippen molar-refractivity contribution in [3.63, 3.8) is 0 Å². The van der Waals surface area contributed by atoms with Gasteiger partial charge in [0.25, 0.3) is 5.91 Å². The highest BCUT2D eigenvalue weighted by atomic mass is 32.2. The van der Waals surface area contributed by atoms with E-state index in [-0.39, 0.29) is 22.2 Å². The number of aromatic amines is 1. The molecule has 0 aliphatic rings. The lowest BCUT2D eigenvalue weighted by molar-refractivity contribution is 0.102. The van der Waals surface area contributed by atoms with Gasteiger partial charge in [0.15, 0.2) is 9.84 Å². The number of H-pyrrole nitrogens is 1. The Morgan fingerprint density at radius 3 is 2.74 bits per heavy atom. The summed E-state index contributed by atoms with van der Waals surface area (Å²) in [7, 11) is -3.44. The molecule has 0 unspecified atom stereocenters. The molecule has 7 heteroatoms. The van der Waals surface area contributed by atoms with E-state index in [1.165, 1.54) is 25.3 Å². The Balaban J connectivity index is 2.38. The zero-order chi connectivity index (χ0) is 13.9. The normalized spacial score (nSPS) is 11.2. The second kappa shape index (κ2) is 5.23. The summed E-state index contributed by atoms with van der Waals surface area (Å²) >= 11 is 0. The van der Waals surface area contributed by atoms with Crippen LogP contribution in [0.2, 0.25) is 0 Å². The lowest BCUT2D eigenvalue weighted by Crippen LogP contribution is -2.17. The zero-order valence-corrected chi connectivity index (χ0v) is 11.1. The molecular weight excluding hydrogens is 266 g/mol. The van der Waals surface area contributed by atoms with Gasteiger partial charge < -0.3 is 4.98 Å². The molecule has 19 heavy (non-hydrogen) atoms. The standard InChI is InChI=1S/C12H13N3O3S/c1-2-19(17,18)10-6-4-3-5-9(10)11(16)15-12-13-7-8-14-12/h3-8H,2H2,1H3,(H2,13,14,15,16). The van der Waals surface area contributed by atoms with Crippen LogP contribution >= 0.6 is 0 Å². The van der Waals surface area contributed by atoms with Gasteiger partial charge in [0.1, 0.15) is 0 Å². The highest BCUT2D eigenvalue weighted by Crippen LogP contribution is 2.17.